The standard InChI is InChI=1S/C11H12N2O/c1-9-10(8-14)7-13(12-9)11-5-3-2-4-6-11/h2-7,14H,8H2,1H3. The fourth-order valence-corrected chi connectivity index (χ4v) is 1.36. The summed E-state index contributed by atoms with van der Waals surface area (Å²) in [6, 6.07) is 9.85. The Morgan fingerprint density at radius 1 is 1.29 bits per heavy atom. The first-order valence-corrected chi connectivity index (χ1v) is 4.52. The summed E-state index contributed by atoms with van der Waals surface area (Å²) < 4.78 is 1.78. The molecule has 0 bridgehead atoms. The Morgan fingerprint density at radius 3 is 2.57 bits per heavy atom. The highest BCUT2D eigenvalue weighted by molar-refractivity contribution is 5.32. The Bertz CT molecular complexity index is 420. The molecule has 0 saturated heterocycles. The highest BCUT2D eigenvalue weighted by atomic mass is 16.3. The number of aliphatic hydroxyl groups excluding tert-OH is 1. The number of aromatic nitrogens is 2. The Kier molecular flexibility index (Phi) is 2.33. The van der Waals surface area contributed by atoms with E-state index in [1.807, 2.05) is 43.5 Å². The zero-order valence-corrected chi connectivity index (χ0v) is 8.01. The molecule has 0 unspecified atom stereocenters. The lowest BCUT2D eigenvalue weighted by molar-refractivity contribution is 0.281. The van der Waals surface area contributed by atoms with E-state index >= 15 is 0 Å². The van der Waals surface area contributed by atoms with Crippen molar-refractivity contribution in [1.29, 1.82) is 0 Å². The molecule has 0 saturated carbocycles. The average molecular weight is 188 g/mol. The van der Waals surface area contributed by atoms with Gasteiger partial charge in [0.1, 0.15) is 0 Å². The minimum Gasteiger partial charge on any atom is -0.392 e. The Labute approximate surface area is 82.6 Å². The number of nitrogens with zero attached hydrogens (tertiary/aromatic N) is 2. The second kappa shape index (κ2) is 3.64. The van der Waals surface area contributed by atoms with Crippen LogP contribution in [0.1, 0.15) is 11.3 Å². The van der Waals surface area contributed by atoms with Crippen LogP contribution in [0.25, 0.3) is 5.69 Å². The molecule has 72 valence electrons. The minimum absolute atomic E-state index is 0.0403. The van der Waals surface area contributed by atoms with Crippen LogP contribution in [0.2, 0.25) is 0 Å². The summed E-state index contributed by atoms with van der Waals surface area (Å²) in [7, 11) is 0. The summed E-state index contributed by atoms with van der Waals surface area (Å²) in [5, 5.41) is 13.3. The number of aryl methyl sites for hydroxylation is 1. The fraction of sp³-hybridized carbons (Fsp3) is 0.182. The highest BCUT2D eigenvalue weighted by Gasteiger charge is 2.03. The Balaban J connectivity index is 2.43. The molecule has 0 aliphatic rings. The van der Waals surface area contributed by atoms with Gasteiger partial charge in [-0.15, -0.1) is 0 Å². The second-order valence-electron chi connectivity index (χ2n) is 3.18. The number of para-hydroxylation sites is 1. The fourth-order valence-electron chi connectivity index (χ4n) is 1.36. The van der Waals surface area contributed by atoms with Gasteiger partial charge in [0.25, 0.3) is 0 Å². The number of hydrogen-bond donors (Lipinski definition) is 1. The Morgan fingerprint density at radius 2 is 2.00 bits per heavy atom. The third kappa shape index (κ3) is 1.54. The summed E-state index contributed by atoms with van der Waals surface area (Å²) in [5.74, 6) is 0. The molecule has 3 heteroatoms. The predicted molar refractivity (Wildman–Crippen MR) is 54.2 cm³/mol. The van der Waals surface area contributed by atoms with Gasteiger partial charge in [0, 0.05) is 11.8 Å². The molecule has 0 aliphatic carbocycles. The van der Waals surface area contributed by atoms with Crippen LogP contribution in [0.5, 0.6) is 0 Å². The lowest BCUT2D eigenvalue weighted by atomic mass is 10.3. The van der Waals surface area contributed by atoms with Crippen molar-refractivity contribution in [2.45, 2.75) is 13.5 Å². The lowest BCUT2D eigenvalue weighted by Crippen LogP contribution is -1.93. The molecule has 0 radical (unpaired) electrons. The number of rotatable bonds is 2. The second-order valence-corrected chi connectivity index (χ2v) is 3.18. The molecule has 0 amide bonds. The van der Waals surface area contributed by atoms with E-state index in [4.69, 9.17) is 5.11 Å². The molecule has 2 aromatic rings. The number of hydrogen-bond acceptors (Lipinski definition) is 2. The van der Waals surface area contributed by atoms with E-state index in [-0.39, 0.29) is 6.61 Å². The summed E-state index contributed by atoms with van der Waals surface area (Å²) in [4.78, 5) is 0. The number of aliphatic hydroxyl groups is 1. The first-order valence-electron chi connectivity index (χ1n) is 4.52. The minimum atomic E-state index is 0.0403. The van der Waals surface area contributed by atoms with Crippen LogP contribution in [0, 0.1) is 6.92 Å². The van der Waals surface area contributed by atoms with E-state index in [1.165, 1.54) is 0 Å². The van der Waals surface area contributed by atoms with E-state index in [9.17, 15) is 0 Å². The van der Waals surface area contributed by atoms with Gasteiger partial charge in [-0.2, -0.15) is 5.10 Å². The SMILES string of the molecule is Cc1nn(-c2ccccc2)cc1CO. The van der Waals surface area contributed by atoms with E-state index in [2.05, 4.69) is 5.10 Å². The first-order chi connectivity index (χ1) is 6.81. The van der Waals surface area contributed by atoms with E-state index in [0.717, 1.165) is 16.9 Å². The molecule has 14 heavy (non-hydrogen) atoms. The molecule has 3 nitrogen and oxygen atoms in total. The number of benzene rings is 1. The van der Waals surface area contributed by atoms with Gasteiger partial charge in [-0.1, -0.05) is 18.2 Å². The van der Waals surface area contributed by atoms with E-state index < -0.39 is 0 Å². The molecule has 1 aromatic heterocycles. The largest absolute Gasteiger partial charge is 0.392 e. The molecule has 1 N–H and O–H groups in total. The molecule has 2 rings (SSSR count). The molecule has 1 aromatic carbocycles. The van der Waals surface area contributed by atoms with Crippen molar-refractivity contribution < 1.29 is 5.11 Å². The third-order valence-corrected chi connectivity index (χ3v) is 2.19. The molecule has 0 fully saturated rings. The van der Waals surface area contributed by atoms with Gasteiger partial charge in [-0.25, -0.2) is 4.68 Å². The average Bonchev–Trinajstić information content (AvgIpc) is 2.61. The monoisotopic (exact) mass is 188 g/mol. The maximum Gasteiger partial charge on any atom is 0.0715 e. The smallest absolute Gasteiger partial charge is 0.0715 e. The molecular formula is C11H12N2O. The first kappa shape index (κ1) is 8.97. The normalized spacial score (nSPS) is 10.4. The van der Waals surface area contributed by atoms with Crippen molar-refractivity contribution in [3.8, 4) is 5.69 Å². The van der Waals surface area contributed by atoms with Crippen LogP contribution >= 0.6 is 0 Å². The van der Waals surface area contributed by atoms with Crippen molar-refractivity contribution in [3.63, 3.8) is 0 Å². The van der Waals surface area contributed by atoms with Gasteiger partial charge in [0.05, 0.1) is 18.0 Å². The van der Waals surface area contributed by atoms with Crippen LogP contribution in [0.3, 0.4) is 0 Å². The lowest BCUT2D eigenvalue weighted by Gasteiger charge is -1.98. The predicted octanol–water partition coefficient (Wildman–Crippen LogP) is 1.67. The van der Waals surface area contributed by atoms with E-state index in [1.54, 1.807) is 4.68 Å². The van der Waals surface area contributed by atoms with Crippen LogP contribution in [-0.4, -0.2) is 14.9 Å². The maximum atomic E-state index is 9.03. The van der Waals surface area contributed by atoms with Crippen LogP contribution in [0.4, 0.5) is 0 Å². The van der Waals surface area contributed by atoms with Gasteiger partial charge in [0.15, 0.2) is 0 Å². The molecule has 0 atom stereocenters. The summed E-state index contributed by atoms with van der Waals surface area (Å²) in [5.41, 5.74) is 2.75. The molecule has 1 heterocycles. The molecule has 0 aliphatic heterocycles. The Hall–Kier alpha value is -1.61. The summed E-state index contributed by atoms with van der Waals surface area (Å²) >= 11 is 0. The van der Waals surface area contributed by atoms with Gasteiger partial charge in [-0.05, 0) is 19.1 Å². The molecule has 0 spiro atoms. The zero-order chi connectivity index (χ0) is 9.97. The van der Waals surface area contributed by atoms with Crippen LogP contribution in [-0.2, 0) is 6.61 Å². The summed E-state index contributed by atoms with van der Waals surface area (Å²) in [6.07, 6.45) is 1.85. The van der Waals surface area contributed by atoms with Gasteiger partial charge < -0.3 is 5.11 Å². The van der Waals surface area contributed by atoms with Crippen molar-refractivity contribution in [3.05, 3.63) is 47.8 Å². The van der Waals surface area contributed by atoms with Gasteiger partial charge in [0.2, 0.25) is 0 Å². The van der Waals surface area contributed by atoms with Gasteiger partial charge in [-0.3, -0.25) is 0 Å². The van der Waals surface area contributed by atoms with Crippen molar-refractivity contribution in [2.75, 3.05) is 0 Å². The third-order valence-electron chi connectivity index (χ3n) is 2.19. The van der Waals surface area contributed by atoms with Crippen molar-refractivity contribution >= 4 is 0 Å². The topological polar surface area (TPSA) is 38.0 Å². The zero-order valence-electron chi connectivity index (χ0n) is 8.01. The van der Waals surface area contributed by atoms with Crippen molar-refractivity contribution in [1.82, 2.24) is 9.78 Å². The maximum absolute atomic E-state index is 9.03. The van der Waals surface area contributed by atoms with Crippen molar-refractivity contribution in [2.24, 2.45) is 0 Å². The van der Waals surface area contributed by atoms with E-state index in [0.29, 0.717) is 0 Å². The van der Waals surface area contributed by atoms with Crippen LogP contribution in [0.15, 0.2) is 36.5 Å². The highest BCUT2D eigenvalue weighted by Crippen LogP contribution is 2.11. The molecular weight excluding hydrogens is 176 g/mol. The van der Waals surface area contributed by atoms with Gasteiger partial charge >= 0.3 is 0 Å². The quantitative estimate of drug-likeness (QED) is 0.778. The van der Waals surface area contributed by atoms with Crippen LogP contribution < -0.4 is 0 Å². The summed E-state index contributed by atoms with van der Waals surface area (Å²) in [6.45, 7) is 1.93.